The summed E-state index contributed by atoms with van der Waals surface area (Å²) in [6.45, 7) is 2.49. The fourth-order valence-electron chi connectivity index (χ4n) is 2.49. The van der Waals surface area contributed by atoms with Crippen LogP contribution >= 0.6 is 0 Å². The number of aromatic nitrogens is 2. The maximum atomic E-state index is 12.2. The van der Waals surface area contributed by atoms with Gasteiger partial charge in [0.2, 0.25) is 0 Å². The SMILES string of the molecule is Cc1ccc(CNC(=O)c2ccc(Nc3ccc(N(C)C)cc3)nn2)cc1. The van der Waals surface area contributed by atoms with Crippen molar-refractivity contribution in [1.29, 1.82) is 0 Å². The van der Waals surface area contributed by atoms with Gasteiger partial charge in [0.15, 0.2) is 11.5 Å². The first-order valence-electron chi connectivity index (χ1n) is 8.73. The number of rotatable bonds is 6. The van der Waals surface area contributed by atoms with Gasteiger partial charge in [0, 0.05) is 32.0 Å². The zero-order valence-electron chi connectivity index (χ0n) is 15.7. The molecule has 0 aliphatic heterocycles. The lowest BCUT2D eigenvalue weighted by atomic mass is 10.1. The van der Waals surface area contributed by atoms with E-state index in [0.29, 0.717) is 12.4 Å². The van der Waals surface area contributed by atoms with Crippen molar-refractivity contribution in [2.24, 2.45) is 0 Å². The largest absolute Gasteiger partial charge is 0.378 e. The molecule has 3 rings (SSSR count). The summed E-state index contributed by atoms with van der Waals surface area (Å²) in [5.41, 5.74) is 4.55. The minimum absolute atomic E-state index is 0.245. The summed E-state index contributed by atoms with van der Waals surface area (Å²) in [4.78, 5) is 14.3. The van der Waals surface area contributed by atoms with Gasteiger partial charge in [0.25, 0.3) is 5.91 Å². The lowest BCUT2D eigenvalue weighted by molar-refractivity contribution is 0.0945. The first kappa shape index (κ1) is 18.4. The molecule has 0 radical (unpaired) electrons. The Balaban J connectivity index is 1.57. The molecular weight excluding hydrogens is 338 g/mol. The van der Waals surface area contributed by atoms with E-state index in [2.05, 4.69) is 20.8 Å². The van der Waals surface area contributed by atoms with Crippen molar-refractivity contribution in [2.45, 2.75) is 13.5 Å². The van der Waals surface area contributed by atoms with Gasteiger partial charge in [0.05, 0.1) is 0 Å². The topological polar surface area (TPSA) is 70.2 Å². The number of carbonyl (C=O) groups is 1. The van der Waals surface area contributed by atoms with Crippen LogP contribution in [0.1, 0.15) is 21.6 Å². The van der Waals surface area contributed by atoms with Gasteiger partial charge in [-0.05, 0) is 48.9 Å². The van der Waals surface area contributed by atoms with Crippen molar-refractivity contribution in [3.63, 3.8) is 0 Å². The number of amides is 1. The van der Waals surface area contributed by atoms with E-state index in [0.717, 1.165) is 16.9 Å². The standard InChI is InChI=1S/C21H23N5O/c1-15-4-6-16(7-5-15)14-22-21(27)19-12-13-20(25-24-19)23-17-8-10-18(11-9-17)26(2)3/h4-13H,14H2,1-3H3,(H,22,27)(H,23,25). The molecule has 0 spiro atoms. The summed E-state index contributed by atoms with van der Waals surface area (Å²) < 4.78 is 0. The van der Waals surface area contributed by atoms with Gasteiger partial charge in [-0.2, -0.15) is 0 Å². The van der Waals surface area contributed by atoms with Crippen LogP contribution in [0.3, 0.4) is 0 Å². The number of hydrogen-bond donors (Lipinski definition) is 2. The lowest BCUT2D eigenvalue weighted by Crippen LogP contribution is -2.24. The maximum absolute atomic E-state index is 12.2. The summed E-state index contributed by atoms with van der Waals surface area (Å²) in [6.07, 6.45) is 0. The number of aryl methyl sites for hydroxylation is 1. The molecule has 0 fully saturated rings. The van der Waals surface area contributed by atoms with E-state index in [9.17, 15) is 4.79 Å². The Labute approximate surface area is 159 Å². The molecule has 1 heterocycles. The van der Waals surface area contributed by atoms with Crippen LogP contribution in [0, 0.1) is 6.92 Å². The molecule has 2 N–H and O–H groups in total. The third-order valence-electron chi connectivity index (χ3n) is 4.13. The van der Waals surface area contributed by atoms with Crippen molar-refractivity contribution in [2.75, 3.05) is 24.3 Å². The Morgan fingerprint density at radius 2 is 1.63 bits per heavy atom. The molecule has 0 saturated carbocycles. The fraction of sp³-hybridized carbons (Fsp3) is 0.190. The second-order valence-corrected chi connectivity index (χ2v) is 6.54. The van der Waals surface area contributed by atoms with E-state index in [-0.39, 0.29) is 11.6 Å². The molecule has 0 unspecified atom stereocenters. The van der Waals surface area contributed by atoms with Gasteiger partial charge < -0.3 is 15.5 Å². The highest BCUT2D eigenvalue weighted by atomic mass is 16.1. The molecule has 1 amide bonds. The summed E-state index contributed by atoms with van der Waals surface area (Å²) >= 11 is 0. The molecule has 0 bridgehead atoms. The molecule has 0 aliphatic rings. The molecular formula is C21H23N5O. The molecule has 138 valence electrons. The zero-order valence-corrected chi connectivity index (χ0v) is 15.7. The van der Waals surface area contributed by atoms with Crippen molar-refractivity contribution in [3.8, 4) is 0 Å². The van der Waals surface area contributed by atoms with Crippen LogP contribution in [0.4, 0.5) is 17.2 Å². The Hall–Kier alpha value is -3.41. The molecule has 0 saturated heterocycles. The van der Waals surface area contributed by atoms with Crippen LogP contribution < -0.4 is 15.5 Å². The highest BCUT2D eigenvalue weighted by molar-refractivity contribution is 5.92. The Morgan fingerprint density at radius 3 is 2.22 bits per heavy atom. The summed E-state index contributed by atoms with van der Waals surface area (Å²) in [5, 5.41) is 14.1. The summed E-state index contributed by atoms with van der Waals surface area (Å²) in [7, 11) is 3.99. The van der Waals surface area contributed by atoms with Crippen LogP contribution in [0.15, 0.2) is 60.7 Å². The Kier molecular flexibility index (Phi) is 5.66. The van der Waals surface area contributed by atoms with Crippen LogP contribution in [-0.2, 0) is 6.54 Å². The van der Waals surface area contributed by atoms with Gasteiger partial charge in [-0.15, -0.1) is 10.2 Å². The number of benzene rings is 2. The second-order valence-electron chi connectivity index (χ2n) is 6.54. The van der Waals surface area contributed by atoms with Crippen LogP contribution in [0.5, 0.6) is 0 Å². The highest BCUT2D eigenvalue weighted by Gasteiger charge is 2.08. The highest BCUT2D eigenvalue weighted by Crippen LogP contribution is 2.18. The lowest BCUT2D eigenvalue weighted by Gasteiger charge is -2.13. The molecule has 27 heavy (non-hydrogen) atoms. The van der Waals surface area contributed by atoms with E-state index < -0.39 is 0 Å². The molecule has 3 aromatic rings. The molecule has 6 heteroatoms. The van der Waals surface area contributed by atoms with Crippen LogP contribution in [0.2, 0.25) is 0 Å². The number of hydrogen-bond acceptors (Lipinski definition) is 5. The van der Waals surface area contributed by atoms with Gasteiger partial charge in [-0.3, -0.25) is 4.79 Å². The number of carbonyl (C=O) groups excluding carboxylic acids is 1. The monoisotopic (exact) mass is 361 g/mol. The predicted octanol–water partition coefficient (Wildman–Crippen LogP) is 3.52. The molecule has 1 aromatic heterocycles. The van der Waals surface area contributed by atoms with Crippen molar-refractivity contribution < 1.29 is 4.79 Å². The summed E-state index contributed by atoms with van der Waals surface area (Å²) in [6, 6.07) is 19.4. The van der Waals surface area contributed by atoms with E-state index >= 15 is 0 Å². The van der Waals surface area contributed by atoms with Crippen LogP contribution in [0.25, 0.3) is 0 Å². The van der Waals surface area contributed by atoms with E-state index in [4.69, 9.17) is 0 Å². The maximum Gasteiger partial charge on any atom is 0.272 e. The third kappa shape index (κ3) is 5.04. The normalized spacial score (nSPS) is 10.3. The van der Waals surface area contributed by atoms with Gasteiger partial charge in [-0.1, -0.05) is 29.8 Å². The number of nitrogens with zero attached hydrogens (tertiary/aromatic N) is 3. The number of anilines is 3. The third-order valence-corrected chi connectivity index (χ3v) is 4.13. The van der Waals surface area contributed by atoms with Crippen molar-refractivity contribution in [3.05, 3.63) is 77.5 Å². The van der Waals surface area contributed by atoms with Gasteiger partial charge in [0.1, 0.15) is 0 Å². The first-order chi connectivity index (χ1) is 13.0. The van der Waals surface area contributed by atoms with E-state index in [1.54, 1.807) is 12.1 Å². The first-order valence-corrected chi connectivity index (χ1v) is 8.73. The molecule has 6 nitrogen and oxygen atoms in total. The van der Waals surface area contributed by atoms with E-state index in [1.165, 1.54) is 5.56 Å². The molecule has 0 aliphatic carbocycles. The Morgan fingerprint density at radius 1 is 0.926 bits per heavy atom. The fourth-order valence-corrected chi connectivity index (χ4v) is 2.49. The van der Waals surface area contributed by atoms with Crippen LogP contribution in [-0.4, -0.2) is 30.2 Å². The minimum atomic E-state index is -0.245. The van der Waals surface area contributed by atoms with Crippen molar-refractivity contribution in [1.82, 2.24) is 15.5 Å². The average Bonchev–Trinajstić information content (AvgIpc) is 2.68. The number of nitrogens with one attached hydrogen (secondary N) is 2. The minimum Gasteiger partial charge on any atom is -0.378 e. The smallest absolute Gasteiger partial charge is 0.272 e. The second kappa shape index (κ2) is 8.31. The van der Waals surface area contributed by atoms with Crippen molar-refractivity contribution >= 4 is 23.1 Å². The summed E-state index contributed by atoms with van der Waals surface area (Å²) in [5.74, 6) is 0.340. The van der Waals surface area contributed by atoms with E-state index in [1.807, 2.05) is 74.4 Å². The zero-order chi connectivity index (χ0) is 19.2. The quantitative estimate of drug-likeness (QED) is 0.703. The average molecular weight is 361 g/mol. The van der Waals surface area contributed by atoms with Gasteiger partial charge >= 0.3 is 0 Å². The van der Waals surface area contributed by atoms with Gasteiger partial charge in [-0.25, -0.2) is 0 Å². The Bertz CT molecular complexity index is 887. The molecule has 0 atom stereocenters. The predicted molar refractivity (Wildman–Crippen MR) is 108 cm³/mol. The molecule has 2 aromatic carbocycles.